The number of hydrogen-bond acceptors (Lipinski definition) is 3. The minimum atomic E-state index is -2.86. The van der Waals surface area contributed by atoms with Crippen LogP contribution in [0.2, 0.25) is 5.04 Å². The summed E-state index contributed by atoms with van der Waals surface area (Å²) in [5, 5.41) is 2.45. The second kappa shape index (κ2) is 10.3. The standard InChI is InChI=1S/C22H31O4PSi/c1-19(12-11-17-25-27(23)24)18-26-28(22(2,3)4,20-13-7-5-8-14-20)21-15-9-6-10-16-21/h5-10,12-16,27H,11,17-18H2,1-4H3,(H,23,24)/b19-12+. The van der Waals surface area contributed by atoms with Gasteiger partial charge in [0.1, 0.15) is 0 Å². The van der Waals surface area contributed by atoms with Gasteiger partial charge in [-0.1, -0.05) is 93.1 Å². The van der Waals surface area contributed by atoms with Gasteiger partial charge in [0.25, 0.3) is 8.32 Å². The first kappa shape index (κ1) is 22.8. The summed E-state index contributed by atoms with van der Waals surface area (Å²) in [6, 6.07) is 21.1. The van der Waals surface area contributed by atoms with Gasteiger partial charge >= 0.3 is 8.25 Å². The van der Waals surface area contributed by atoms with Gasteiger partial charge in [-0.25, -0.2) is 0 Å². The molecule has 152 valence electrons. The molecule has 0 saturated heterocycles. The largest absolute Gasteiger partial charge is 0.403 e. The Kier molecular flexibility index (Phi) is 8.41. The topological polar surface area (TPSA) is 55.8 Å². The molecular weight excluding hydrogens is 387 g/mol. The quantitative estimate of drug-likeness (QED) is 0.286. The van der Waals surface area contributed by atoms with Crippen molar-refractivity contribution < 1.29 is 18.4 Å². The predicted octanol–water partition coefficient (Wildman–Crippen LogP) is 4.30. The molecule has 0 bridgehead atoms. The fourth-order valence-electron chi connectivity index (χ4n) is 3.49. The van der Waals surface area contributed by atoms with Gasteiger partial charge in [-0.15, -0.1) is 0 Å². The maximum absolute atomic E-state index is 10.6. The molecule has 4 nitrogen and oxygen atoms in total. The van der Waals surface area contributed by atoms with E-state index in [1.807, 2.05) is 25.1 Å². The molecule has 1 unspecified atom stereocenters. The molecule has 6 heteroatoms. The maximum atomic E-state index is 10.6. The van der Waals surface area contributed by atoms with Crippen LogP contribution in [-0.4, -0.2) is 26.4 Å². The highest BCUT2D eigenvalue weighted by Crippen LogP contribution is 2.37. The van der Waals surface area contributed by atoms with E-state index in [9.17, 15) is 4.57 Å². The summed E-state index contributed by atoms with van der Waals surface area (Å²) in [5.41, 5.74) is 1.09. The molecule has 0 fully saturated rings. The fourth-order valence-corrected chi connectivity index (χ4v) is 8.39. The highest BCUT2D eigenvalue weighted by molar-refractivity contribution is 7.32. The van der Waals surface area contributed by atoms with Gasteiger partial charge in [0, 0.05) is 0 Å². The molecule has 0 aliphatic heterocycles. The molecule has 0 aliphatic rings. The zero-order valence-corrected chi connectivity index (χ0v) is 19.1. The third-order valence-electron chi connectivity index (χ3n) is 4.77. The lowest BCUT2D eigenvalue weighted by Gasteiger charge is -2.43. The summed E-state index contributed by atoms with van der Waals surface area (Å²) < 4.78 is 22.2. The smallest absolute Gasteiger partial charge is 0.316 e. The zero-order valence-electron chi connectivity index (χ0n) is 17.1. The second-order valence-electron chi connectivity index (χ2n) is 7.91. The highest BCUT2D eigenvalue weighted by Gasteiger charge is 2.50. The Bertz CT molecular complexity index is 746. The van der Waals surface area contributed by atoms with Crippen molar-refractivity contribution in [3.63, 3.8) is 0 Å². The van der Waals surface area contributed by atoms with Crippen molar-refractivity contribution in [3.05, 3.63) is 72.3 Å². The second-order valence-corrected chi connectivity index (χ2v) is 13.0. The van der Waals surface area contributed by atoms with Crippen LogP contribution in [0, 0.1) is 0 Å². The van der Waals surface area contributed by atoms with Crippen LogP contribution in [0.3, 0.4) is 0 Å². The van der Waals surface area contributed by atoms with Gasteiger partial charge in [0.05, 0.1) is 13.2 Å². The van der Waals surface area contributed by atoms with Crippen LogP contribution in [0.4, 0.5) is 0 Å². The van der Waals surface area contributed by atoms with E-state index in [-0.39, 0.29) is 11.6 Å². The Hall–Kier alpha value is -1.49. The molecule has 2 rings (SSSR count). The lowest BCUT2D eigenvalue weighted by atomic mass is 10.2. The van der Waals surface area contributed by atoms with Crippen LogP contribution in [-0.2, 0) is 13.5 Å². The van der Waals surface area contributed by atoms with E-state index in [1.165, 1.54) is 10.4 Å². The van der Waals surface area contributed by atoms with Crippen molar-refractivity contribution in [2.45, 2.75) is 39.2 Å². The van der Waals surface area contributed by atoms with Crippen LogP contribution >= 0.6 is 8.25 Å². The molecule has 0 aromatic heterocycles. The molecule has 0 amide bonds. The average molecular weight is 419 g/mol. The van der Waals surface area contributed by atoms with Gasteiger partial charge in [-0.2, -0.15) is 0 Å². The van der Waals surface area contributed by atoms with Crippen LogP contribution in [0.25, 0.3) is 0 Å². The van der Waals surface area contributed by atoms with Crippen molar-refractivity contribution in [2.75, 3.05) is 13.2 Å². The first-order valence-electron chi connectivity index (χ1n) is 9.54. The third kappa shape index (κ3) is 5.76. The monoisotopic (exact) mass is 418 g/mol. The summed E-state index contributed by atoms with van der Waals surface area (Å²) >= 11 is 0. The summed E-state index contributed by atoms with van der Waals surface area (Å²) in [6.45, 7) is 9.55. The first-order valence-corrected chi connectivity index (χ1v) is 12.7. The molecule has 2 aromatic carbocycles. The van der Waals surface area contributed by atoms with E-state index >= 15 is 0 Å². The van der Waals surface area contributed by atoms with Crippen molar-refractivity contribution in [1.29, 1.82) is 0 Å². The molecule has 0 radical (unpaired) electrons. The minimum absolute atomic E-state index is 0.0597. The Balaban J connectivity index is 2.34. The normalized spacial score (nSPS) is 14.1. The SMILES string of the molecule is C/C(=C\CCO[PH](=O)O)CO[Si](c1ccccc1)(c1ccccc1)C(C)(C)C. The number of rotatable bonds is 9. The average Bonchev–Trinajstić information content (AvgIpc) is 2.66. The van der Waals surface area contributed by atoms with Gasteiger partial charge < -0.3 is 13.8 Å². The lowest BCUT2D eigenvalue weighted by molar-refractivity contribution is 0.286. The van der Waals surface area contributed by atoms with Crippen molar-refractivity contribution in [2.24, 2.45) is 0 Å². The van der Waals surface area contributed by atoms with E-state index in [0.717, 1.165) is 5.57 Å². The molecule has 2 aromatic rings. The lowest BCUT2D eigenvalue weighted by Crippen LogP contribution is -2.66. The molecule has 28 heavy (non-hydrogen) atoms. The van der Waals surface area contributed by atoms with Crippen molar-refractivity contribution in [1.82, 2.24) is 0 Å². The first-order chi connectivity index (χ1) is 13.3. The molecule has 0 saturated carbocycles. The van der Waals surface area contributed by atoms with Gasteiger partial charge in [0.15, 0.2) is 0 Å². The molecule has 0 spiro atoms. The number of benzene rings is 2. The fraction of sp³-hybridized carbons (Fsp3) is 0.364. The van der Waals surface area contributed by atoms with E-state index in [0.29, 0.717) is 13.0 Å². The third-order valence-corrected chi connectivity index (χ3v) is 10.2. The van der Waals surface area contributed by atoms with E-state index in [4.69, 9.17) is 13.8 Å². The minimum Gasteiger partial charge on any atom is -0.403 e. The molecule has 0 heterocycles. The van der Waals surface area contributed by atoms with Gasteiger partial charge in [-0.3, -0.25) is 4.57 Å². The highest BCUT2D eigenvalue weighted by atomic mass is 31.1. The van der Waals surface area contributed by atoms with E-state index in [1.54, 1.807) is 0 Å². The Morgan fingerprint density at radius 2 is 1.54 bits per heavy atom. The summed E-state index contributed by atoms with van der Waals surface area (Å²) in [7, 11) is -5.40. The van der Waals surface area contributed by atoms with Gasteiger partial charge in [-0.05, 0) is 28.8 Å². The van der Waals surface area contributed by atoms with E-state index in [2.05, 4.69) is 69.3 Å². The van der Waals surface area contributed by atoms with Crippen LogP contribution < -0.4 is 10.4 Å². The molecule has 0 aliphatic carbocycles. The summed E-state index contributed by atoms with van der Waals surface area (Å²) in [5.74, 6) is 0. The number of hydrogen-bond donors (Lipinski definition) is 1. The molecule has 1 N–H and O–H groups in total. The van der Waals surface area contributed by atoms with E-state index < -0.39 is 16.6 Å². The predicted molar refractivity (Wildman–Crippen MR) is 119 cm³/mol. The van der Waals surface area contributed by atoms with Crippen LogP contribution in [0.5, 0.6) is 0 Å². The Labute approximate surface area is 170 Å². The maximum Gasteiger partial charge on any atom is 0.316 e. The zero-order chi connectivity index (χ0) is 20.6. The van der Waals surface area contributed by atoms with Crippen molar-refractivity contribution in [3.8, 4) is 0 Å². The molecule has 1 atom stereocenters. The Morgan fingerprint density at radius 1 is 1.04 bits per heavy atom. The van der Waals surface area contributed by atoms with Gasteiger partial charge in [0.2, 0.25) is 0 Å². The van der Waals surface area contributed by atoms with Crippen LogP contribution in [0.15, 0.2) is 72.3 Å². The Morgan fingerprint density at radius 3 is 1.96 bits per heavy atom. The molecular formula is C22H31O4PSi. The van der Waals surface area contributed by atoms with Crippen molar-refractivity contribution >= 4 is 26.9 Å². The summed E-state index contributed by atoms with van der Waals surface area (Å²) in [6.07, 6.45) is 2.61. The summed E-state index contributed by atoms with van der Waals surface area (Å²) in [4.78, 5) is 8.75. The van der Waals surface area contributed by atoms with Crippen LogP contribution in [0.1, 0.15) is 34.1 Å².